The highest BCUT2D eigenvalue weighted by Crippen LogP contribution is 2.34. The van der Waals surface area contributed by atoms with Gasteiger partial charge in [-0.2, -0.15) is 0 Å². The molecule has 0 aromatic heterocycles. The van der Waals surface area contributed by atoms with Crippen LogP contribution in [0, 0.1) is 15.9 Å². The van der Waals surface area contributed by atoms with Crippen molar-refractivity contribution in [1.82, 2.24) is 0 Å². The van der Waals surface area contributed by atoms with Gasteiger partial charge in [0.05, 0.1) is 14.8 Å². The minimum absolute atomic E-state index is 0.0191. The number of nitro groups is 1. The molecular weight excluding hydrogens is 349 g/mol. The van der Waals surface area contributed by atoms with Crippen LogP contribution >= 0.6 is 27.5 Å². The predicted octanol–water partition coefficient (Wildman–Crippen LogP) is 5.02. The van der Waals surface area contributed by atoms with Crippen LogP contribution in [0.2, 0.25) is 0 Å². The Balaban J connectivity index is 2.30. The van der Waals surface area contributed by atoms with Gasteiger partial charge in [0.1, 0.15) is 5.82 Å². The molecule has 0 saturated heterocycles. The highest BCUT2D eigenvalue weighted by molar-refractivity contribution is 9.10. The molecule has 1 unspecified atom stereocenters. The van der Waals surface area contributed by atoms with Gasteiger partial charge in [-0.25, -0.2) is 4.39 Å². The van der Waals surface area contributed by atoms with Gasteiger partial charge in [-0.3, -0.25) is 10.1 Å². The average molecular weight is 359 g/mol. The maximum atomic E-state index is 13.5. The molecule has 3 nitrogen and oxygen atoms in total. The first-order valence-corrected chi connectivity index (χ1v) is 7.04. The molecule has 20 heavy (non-hydrogen) atoms. The second-order valence-corrected chi connectivity index (χ2v) is 5.52. The molecule has 0 aliphatic rings. The van der Waals surface area contributed by atoms with Crippen LogP contribution < -0.4 is 0 Å². The first-order valence-electron chi connectivity index (χ1n) is 5.81. The summed E-state index contributed by atoms with van der Waals surface area (Å²) in [5, 5.41) is 10.4. The fourth-order valence-electron chi connectivity index (χ4n) is 1.93. The third-order valence-electron chi connectivity index (χ3n) is 2.91. The minimum Gasteiger partial charge on any atom is -0.258 e. The lowest BCUT2D eigenvalue weighted by atomic mass is 10.0. The van der Waals surface area contributed by atoms with Crippen LogP contribution in [0.25, 0.3) is 0 Å². The van der Waals surface area contributed by atoms with Crippen LogP contribution in [0.3, 0.4) is 0 Å². The van der Waals surface area contributed by atoms with Crippen molar-refractivity contribution in [2.45, 2.75) is 11.8 Å². The fraction of sp³-hybridized carbons (Fsp3) is 0.143. The quantitative estimate of drug-likeness (QED) is 0.437. The molecule has 0 aliphatic carbocycles. The maximum Gasteiger partial charge on any atom is 0.272 e. The molecule has 0 fully saturated rings. The highest BCUT2D eigenvalue weighted by Gasteiger charge is 2.19. The summed E-state index contributed by atoms with van der Waals surface area (Å²) in [5.41, 5.74) is 1.11. The predicted molar refractivity (Wildman–Crippen MR) is 79.5 cm³/mol. The average Bonchev–Trinajstić information content (AvgIpc) is 2.42. The molecule has 0 amide bonds. The summed E-state index contributed by atoms with van der Waals surface area (Å²) in [4.78, 5) is 10.5. The zero-order valence-corrected chi connectivity index (χ0v) is 12.6. The molecule has 2 aromatic rings. The van der Waals surface area contributed by atoms with Crippen molar-refractivity contribution < 1.29 is 9.31 Å². The minimum atomic E-state index is -0.554. The van der Waals surface area contributed by atoms with Gasteiger partial charge in [-0.05, 0) is 34.0 Å². The van der Waals surface area contributed by atoms with Gasteiger partial charge in [0.25, 0.3) is 5.69 Å². The molecule has 104 valence electrons. The van der Waals surface area contributed by atoms with Gasteiger partial charge in [0.15, 0.2) is 0 Å². The Morgan fingerprint density at radius 1 is 1.25 bits per heavy atom. The molecule has 2 rings (SSSR count). The molecule has 2 aromatic carbocycles. The van der Waals surface area contributed by atoms with Gasteiger partial charge < -0.3 is 0 Å². The summed E-state index contributed by atoms with van der Waals surface area (Å²) < 4.78 is 13.8. The van der Waals surface area contributed by atoms with E-state index in [0.29, 0.717) is 15.6 Å². The van der Waals surface area contributed by atoms with E-state index in [-0.39, 0.29) is 12.1 Å². The Kier molecular flexibility index (Phi) is 4.73. The Morgan fingerprint density at radius 3 is 2.65 bits per heavy atom. The molecule has 0 saturated carbocycles. The Hall–Kier alpha value is -1.46. The Morgan fingerprint density at radius 2 is 1.95 bits per heavy atom. The monoisotopic (exact) mass is 357 g/mol. The molecular formula is C14H10BrClFNO2. The van der Waals surface area contributed by atoms with Crippen LogP contribution in [-0.2, 0) is 6.42 Å². The smallest absolute Gasteiger partial charge is 0.258 e. The van der Waals surface area contributed by atoms with Crippen molar-refractivity contribution in [3.05, 3.63) is 74.0 Å². The standard InChI is InChI=1S/C14H10BrClFNO2/c15-14-10(5-3-6-12(14)17)11(16)8-9-4-1-2-7-13(9)18(19)20/h1-7,11H,8H2. The van der Waals surface area contributed by atoms with Gasteiger partial charge in [0.2, 0.25) is 0 Å². The molecule has 6 heteroatoms. The van der Waals surface area contributed by atoms with E-state index in [1.807, 2.05) is 0 Å². The summed E-state index contributed by atoms with van der Waals surface area (Å²) in [6, 6.07) is 11.0. The number of nitro benzene ring substituents is 1. The third kappa shape index (κ3) is 3.16. The van der Waals surface area contributed by atoms with Crippen molar-refractivity contribution in [3.8, 4) is 0 Å². The van der Waals surface area contributed by atoms with Crippen LogP contribution in [0.15, 0.2) is 46.9 Å². The number of benzene rings is 2. The molecule has 0 bridgehead atoms. The van der Waals surface area contributed by atoms with Crippen molar-refractivity contribution in [1.29, 1.82) is 0 Å². The third-order valence-corrected chi connectivity index (χ3v) is 4.13. The van der Waals surface area contributed by atoms with Crippen molar-refractivity contribution in [3.63, 3.8) is 0 Å². The molecule has 0 heterocycles. The maximum absolute atomic E-state index is 13.5. The van der Waals surface area contributed by atoms with E-state index in [2.05, 4.69) is 15.9 Å². The first kappa shape index (κ1) is 14.9. The molecule has 0 aliphatic heterocycles. The second kappa shape index (κ2) is 6.33. The summed E-state index contributed by atoms with van der Waals surface area (Å²) in [7, 11) is 0. The van der Waals surface area contributed by atoms with E-state index in [9.17, 15) is 14.5 Å². The van der Waals surface area contributed by atoms with E-state index >= 15 is 0 Å². The largest absolute Gasteiger partial charge is 0.272 e. The topological polar surface area (TPSA) is 43.1 Å². The van der Waals surface area contributed by atoms with Crippen LogP contribution in [0.5, 0.6) is 0 Å². The normalized spacial score (nSPS) is 12.2. The lowest BCUT2D eigenvalue weighted by molar-refractivity contribution is -0.385. The Labute approximate surface area is 128 Å². The highest BCUT2D eigenvalue weighted by atomic mass is 79.9. The number of alkyl halides is 1. The van der Waals surface area contributed by atoms with Gasteiger partial charge in [0, 0.05) is 11.6 Å². The molecule has 1 atom stereocenters. The molecule has 0 radical (unpaired) electrons. The van der Waals surface area contributed by atoms with E-state index in [1.165, 1.54) is 12.1 Å². The number of nitrogens with zero attached hydrogens (tertiary/aromatic N) is 1. The van der Waals surface area contributed by atoms with Crippen LogP contribution in [-0.4, -0.2) is 4.92 Å². The van der Waals surface area contributed by atoms with Crippen molar-refractivity contribution in [2.75, 3.05) is 0 Å². The summed E-state index contributed by atoms with van der Waals surface area (Å²) in [5.74, 6) is -0.407. The first-order chi connectivity index (χ1) is 9.50. The van der Waals surface area contributed by atoms with Crippen molar-refractivity contribution in [2.24, 2.45) is 0 Å². The molecule has 0 spiro atoms. The van der Waals surface area contributed by atoms with E-state index in [4.69, 9.17) is 11.6 Å². The summed E-state index contributed by atoms with van der Waals surface area (Å²) >= 11 is 9.42. The fourth-order valence-corrected chi connectivity index (χ4v) is 2.95. The van der Waals surface area contributed by atoms with Gasteiger partial charge in [-0.1, -0.05) is 30.3 Å². The molecule has 0 N–H and O–H groups in total. The number of hydrogen-bond acceptors (Lipinski definition) is 2. The van der Waals surface area contributed by atoms with E-state index < -0.39 is 16.1 Å². The number of halogens is 3. The van der Waals surface area contributed by atoms with Crippen LogP contribution in [0.4, 0.5) is 10.1 Å². The number of rotatable bonds is 4. The SMILES string of the molecule is O=[N+]([O-])c1ccccc1CC(Cl)c1cccc(F)c1Br. The van der Waals surface area contributed by atoms with Crippen molar-refractivity contribution >= 4 is 33.2 Å². The summed E-state index contributed by atoms with van der Waals surface area (Å²) in [6.07, 6.45) is 0.251. The van der Waals surface area contributed by atoms with Gasteiger partial charge >= 0.3 is 0 Å². The van der Waals surface area contributed by atoms with E-state index in [1.54, 1.807) is 30.3 Å². The lowest BCUT2D eigenvalue weighted by Gasteiger charge is -2.12. The lowest BCUT2D eigenvalue weighted by Crippen LogP contribution is -2.01. The zero-order chi connectivity index (χ0) is 14.7. The van der Waals surface area contributed by atoms with Crippen LogP contribution in [0.1, 0.15) is 16.5 Å². The zero-order valence-electron chi connectivity index (χ0n) is 10.2. The van der Waals surface area contributed by atoms with E-state index in [0.717, 1.165) is 0 Å². The summed E-state index contributed by atoms with van der Waals surface area (Å²) in [6.45, 7) is 0. The second-order valence-electron chi connectivity index (χ2n) is 4.20. The van der Waals surface area contributed by atoms with Gasteiger partial charge in [-0.15, -0.1) is 11.6 Å². The Bertz CT molecular complexity index is 651. The number of hydrogen-bond donors (Lipinski definition) is 0. The number of para-hydroxylation sites is 1.